The Balaban J connectivity index is 3.32. The van der Waals surface area contributed by atoms with Crippen molar-refractivity contribution in [1.29, 1.82) is 0 Å². The number of anilines is 1. The average Bonchev–Trinajstić information content (AvgIpc) is 2.39. The lowest BCUT2D eigenvalue weighted by Gasteiger charge is -2.30. The van der Waals surface area contributed by atoms with E-state index in [0.29, 0.717) is 18.8 Å². The average molecular weight is 282 g/mol. The van der Waals surface area contributed by atoms with Crippen molar-refractivity contribution in [2.75, 3.05) is 25.2 Å². The molecule has 0 fully saturated rings. The minimum absolute atomic E-state index is 0.0420. The van der Waals surface area contributed by atoms with E-state index < -0.39 is 10.9 Å². The SMILES string of the molecule is CCN(c1cc([N+](=O)[O-])ccc1C(=O)O)C(C)COC. The second-order valence-corrected chi connectivity index (χ2v) is 4.35. The van der Waals surface area contributed by atoms with E-state index in [1.54, 1.807) is 12.0 Å². The fourth-order valence-corrected chi connectivity index (χ4v) is 2.10. The molecule has 0 radical (unpaired) electrons. The van der Waals surface area contributed by atoms with Gasteiger partial charge in [-0.3, -0.25) is 10.1 Å². The van der Waals surface area contributed by atoms with Crippen LogP contribution in [0.5, 0.6) is 0 Å². The van der Waals surface area contributed by atoms with E-state index in [1.165, 1.54) is 18.2 Å². The summed E-state index contributed by atoms with van der Waals surface area (Å²) >= 11 is 0. The highest BCUT2D eigenvalue weighted by Crippen LogP contribution is 2.27. The Hall–Kier alpha value is -2.15. The molecular formula is C13H18N2O5. The summed E-state index contributed by atoms with van der Waals surface area (Å²) < 4.78 is 5.06. The molecule has 0 aliphatic rings. The van der Waals surface area contributed by atoms with Gasteiger partial charge in [-0.15, -0.1) is 0 Å². The number of likely N-dealkylation sites (N-methyl/N-ethyl adjacent to an activating group) is 1. The number of carboxylic acid groups (broad SMARTS) is 1. The number of benzene rings is 1. The zero-order valence-corrected chi connectivity index (χ0v) is 11.7. The van der Waals surface area contributed by atoms with Crippen LogP contribution >= 0.6 is 0 Å². The van der Waals surface area contributed by atoms with Gasteiger partial charge in [0, 0.05) is 31.8 Å². The molecular weight excluding hydrogens is 264 g/mol. The van der Waals surface area contributed by atoms with Gasteiger partial charge in [0.1, 0.15) is 0 Å². The van der Waals surface area contributed by atoms with Crippen molar-refractivity contribution in [1.82, 2.24) is 0 Å². The fourth-order valence-electron chi connectivity index (χ4n) is 2.10. The van der Waals surface area contributed by atoms with Crippen molar-refractivity contribution < 1.29 is 19.6 Å². The van der Waals surface area contributed by atoms with Crippen molar-refractivity contribution in [3.8, 4) is 0 Å². The van der Waals surface area contributed by atoms with Gasteiger partial charge in [0.2, 0.25) is 0 Å². The van der Waals surface area contributed by atoms with Gasteiger partial charge < -0.3 is 14.7 Å². The highest BCUT2D eigenvalue weighted by atomic mass is 16.6. The monoisotopic (exact) mass is 282 g/mol. The molecule has 7 nitrogen and oxygen atoms in total. The topological polar surface area (TPSA) is 92.9 Å². The molecule has 0 spiro atoms. The maximum absolute atomic E-state index is 11.3. The summed E-state index contributed by atoms with van der Waals surface area (Å²) in [6.07, 6.45) is 0. The van der Waals surface area contributed by atoms with E-state index in [-0.39, 0.29) is 17.3 Å². The van der Waals surface area contributed by atoms with Gasteiger partial charge >= 0.3 is 5.97 Å². The predicted octanol–water partition coefficient (Wildman–Crippen LogP) is 2.15. The molecule has 0 amide bonds. The lowest BCUT2D eigenvalue weighted by Crippen LogP contribution is -2.37. The normalized spacial score (nSPS) is 11.9. The quantitative estimate of drug-likeness (QED) is 0.608. The van der Waals surface area contributed by atoms with Crippen LogP contribution in [0, 0.1) is 10.1 Å². The van der Waals surface area contributed by atoms with Crippen LogP contribution in [0.3, 0.4) is 0 Å². The number of methoxy groups -OCH3 is 1. The van der Waals surface area contributed by atoms with E-state index in [9.17, 15) is 20.0 Å². The lowest BCUT2D eigenvalue weighted by molar-refractivity contribution is -0.384. The minimum Gasteiger partial charge on any atom is -0.478 e. The number of ether oxygens (including phenoxy) is 1. The first-order valence-electron chi connectivity index (χ1n) is 6.19. The molecule has 0 saturated heterocycles. The summed E-state index contributed by atoms with van der Waals surface area (Å²) in [5.41, 5.74) is 0.243. The van der Waals surface area contributed by atoms with Crippen molar-refractivity contribution in [3.05, 3.63) is 33.9 Å². The van der Waals surface area contributed by atoms with Crippen molar-refractivity contribution in [2.24, 2.45) is 0 Å². The van der Waals surface area contributed by atoms with Gasteiger partial charge in [-0.05, 0) is 19.9 Å². The number of carboxylic acids is 1. The number of rotatable bonds is 7. The van der Waals surface area contributed by atoms with E-state index >= 15 is 0 Å². The summed E-state index contributed by atoms with van der Waals surface area (Å²) in [7, 11) is 1.55. The number of non-ortho nitro benzene ring substituents is 1. The largest absolute Gasteiger partial charge is 0.478 e. The molecule has 0 aliphatic carbocycles. The lowest BCUT2D eigenvalue weighted by atomic mass is 10.1. The molecule has 1 atom stereocenters. The van der Waals surface area contributed by atoms with Gasteiger partial charge in [-0.1, -0.05) is 0 Å². The maximum atomic E-state index is 11.3. The Morgan fingerprint density at radius 2 is 2.20 bits per heavy atom. The number of nitrogens with zero attached hydrogens (tertiary/aromatic N) is 2. The van der Waals surface area contributed by atoms with Crippen molar-refractivity contribution >= 4 is 17.3 Å². The molecule has 1 aromatic rings. The first-order valence-corrected chi connectivity index (χ1v) is 6.19. The first-order chi connectivity index (χ1) is 9.42. The first kappa shape index (κ1) is 15.9. The number of carbonyl (C=O) groups is 1. The zero-order valence-electron chi connectivity index (χ0n) is 11.7. The highest BCUT2D eigenvalue weighted by molar-refractivity contribution is 5.95. The van der Waals surface area contributed by atoms with Crippen LogP contribution in [0.1, 0.15) is 24.2 Å². The molecule has 1 unspecified atom stereocenters. The van der Waals surface area contributed by atoms with Crippen LogP contribution in [0.15, 0.2) is 18.2 Å². The van der Waals surface area contributed by atoms with Gasteiger partial charge in [0.15, 0.2) is 0 Å². The minimum atomic E-state index is -1.11. The molecule has 7 heteroatoms. The van der Waals surface area contributed by atoms with Crippen molar-refractivity contribution in [3.63, 3.8) is 0 Å². The van der Waals surface area contributed by atoms with Crippen LogP contribution < -0.4 is 4.90 Å². The predicted molar refractivity (Wildman–Crippen MR) is 74.4 cm³/mol. The molecule has 1 aromatic carbocycles. The van der Waals surface area contributed by atoms with E-state index in [2.05, 4.69) is 0 Å². The molecule has 20 heavy (non-hydrogen) atoms. The summed E-state index contributed by atoms with van der Waals surface area (Å²) in [4.78, 5) is 23.4. The molecule has 0 aromatic heterocycles. The number of hydrogen-bond donors (Lipinski definition) is 1. The standard InChI is InChI=1S/C13H18N2O5/c1-4-14(9(2)8-20-3)12-7-10(15(18)19)5-6-11(12)13(16)17/h5-7,9H,4,8H2,1-3H3,(H,16,17). The molecule has 0 aliphatic heterocycles. The number of aromatic carboxylic acids is 1. The second kappa shape index (κ2) is 6.85. The summed E-state index contributed by atoms with van der Waals surface area (Å²) in [6.45, 7) is 4.65. The second-order valence-electron chi connectivity index (χ2n) is 4.35. The Labute approximate surface area is 116 Å². The molecule has 0 bridgehead atoms. The Morgan fingerprint density at radius 1 is 1.55 bits per heavy atom. The summed E-state index contributed by atoms with van der Waals surface area (Å²) in [5, 5.41) is 20.1. The van der Waals surface area contributed by atoms with E-state index in [0.717, 1.165) is 0 Å². The van der Waals surface area contributed by atoms with E-state index in [1.807, 2.05) is 13.8 Å². The third-order valence-corrected chi connectivity index (χ3v) is 3.01. The van der Waals surface area contributed by atoms with Gasteiger partial charge in [0.25, 0.3) is 5.69 Å². The number of nitro benzene ring substituents is 1. The van der Waals surface area contributed by atoms with Crippen LogP contribution in [0.2, 0.25) is 0 Å². The molecule has 110 valence electrons. The van der Waals surface area contributed by atoms with E-state index in [4.69, 9.17) is 4.74 Å². The van der Waals surface area contributed by atoms with Gasteiger partial charge in [-0.25, -0.2) is 4.79 Å². The Morgan fingerprint density at radius 3 is 2.65 bits per heavy atom. The highest BCUT2D eigenvalue weighted by Gasteiger charge is 2.22. The smallest absolute Gasteiger partial charge is 0.337 e. The van der Waals surface area contributed by atoms with Gasteiger partial charge in [-0.2, -0.15) is 0 Å². The maximum Gasteiger partial charge on any atom is 0.337 e. The molecule has 0 heterocycles. The molecule has 1 N–H and O–H groups in total. The van der Waals surface area contributed by atoms with Crippen molar-refractivity contribution in [2.45, 2.75) is 19.9 Å². The summed E-state index contributed by atoms with van der Waals surface area (Å²) in [6, 6.07) is 3.66. The Kier molecular flexibility index (Phi) is 5.45. The van der Waals surface area contributed by atoms with Gasteiger partial charge in [0.05, 0.1) is 22.8 Å². The third kappa shape index (κ3) is 3.45. The number of nitro groups is 1. The molecule has 1 rings (SSSR count). The van der Waals surface area contributed by atoms with Crippen LogP contribution in [-0.4, -0.2) is 42.3 Å². The third-order valence-electron chi connectivity index (χ3n) is 3.01. The van der Waals surface area contributed by atoms with Crippen LogP contribution in [-0.2, 0) is 4.74 Å². The number of hydrogen-bond acceptors (Lipinski definition) is 5. The van der Waals surface area contributed by atoms with Crippen LogP contribution in [0.4, 0.5) is 11.4 Å². The molecule has 0 saturated carbocycles. The zero-order chi connectivity index (χ0) is 15.3. The summed E-state index contributed by atoms with van der Waals surface area (Å²) in [5.74, 6) is -1.11. The Bertz CT molecular complexity index is 504. The van der Waals surface area contributed by atoms with Crippen LogP contribution in [0.25, 0.3) is 0 Å². The fraction of sp³-hybridized carbons (Fsp3) is 0.462.